The fourth-order valence-corrected chi connectivity index (χ4v) is 2.11. The molecule has 1 aliphatic heterocycles. The van der Waals surface area contributed by atoms with Gasteiger partial charge in [-0.3, -0.25) is 4.79 Å². The third kappa shape index (κ3) is 1.90. The average molecular weight is 243 g/mol. The Bertz CT molecular complexity index is 479. The monoisotopic (exact) mass is 243 g/mol. The summed E-state index contributed by atoms with van der Waals surface area (Å²) in [6, 6.07) is 2.49. The summed E-state index contributed by atoms with van der Waals surface area (Å²) in [5.74, 6) is -0.340. The summed E-state index contributed by atoms with van der Waals surface area (Å²) in [7, 11) is 1.58. The van der Waals surface area contributed by atoms with Crippen molar-refractivity contribution in [3.8, 4) is 0 Å². The average Bonchev–Trinajstić information content (AvgIpc) is 2.51. The topological polar surface area (TPSA) is 20.3 Å². The first-order valence-electron chi connectivity index (χ1n) is 5.33. The van der Waals surface area contributed by atoms with E-state index in [-0.39, 0.29) is 17.0 Å². The van der Waals surface area contributed by atoms with Crippen molar-refractivity contribution in [2.75, 3.05) is 7.05 Å². The van der Waals surface area contributed by atoms with Gasteiger partial charge in [0, 0.05) is 19.2 Å². The Morgan fingerprint density at radius 2 is 2.00 bits per heavy atom. The van der Waals surface area contributed by atoms with Crippen LogP contribution in [-0.2, 0) is 19.1 Å². The van der Waals surface area contributed by atoms with Gasteiger partial charge in [-0.1, -0.05) is 13.0 Å². The van der Waals surface area contributed by atoms with Crippen molar-refractivity contribution in [3.63, 3.8) is 0 Å². The van der Waals surface area contributed by atoms with Crippen LogP contribution in [0.2, 0.25) is 0 Å². The molecule has 0 saturated carbocycles. The second-order valence-corrected chi connectivity index (χ2v) is 4.18. The fraction of sp³-hybridized carbons (Fsp3) is 0.417. The molecule has 2 rings (SSSR count). The minimum atomic E-state index is -4.40. The highest BCUT2D eigenvalue weighted by molar-refractivity contribution is 5.98. The molecule has 1 aromatic rings. The highest BCUT2D eigenvalue weighted by Crippen LogP contribution is 2.36. The Morgan fingerprint density at radius 1 is 1.35 bits per heavy atom. The second-order valence-electron chi connectivity index (χ2n) is 4.18. The fourth-order valence-electron chi connectivity index (χ4n) is 2.11. The maximum absolute atomic E-state index is 12.8. The van der Waals surface area contributed by atoms with E-state index in [0.29, 0.717) is 18.5 Å². The summed E-state index contributed by atoms with van der Waals surface area (Å²) in [4.78, 5) is 13.1. The maximum Gasteiger partial charge on any atom is 0.416 e. The van der Waals surface area contributed by atoms with Crippen molar-refractivity contribution in [1.29, 1.82) is 0 Å². The smallest absolute Gasteiger partial charge is 0.337 e. The van der Waals surface area contributed by atoms with Crippen LogP contribution in [0.3, 0.4) is 0 Å². The minimum absolute atomic E-state index is 0.178. The van der Waals surface area contributed by atoms with Crippen LogP contribution in [0, 0.1) is 0 Å². The van der Waals surface area contributed by atoms with E-state index < -0.39 is 11.7 Å². The lowest BCUT2D eigenvalue weighted by Gasteiger charge is -2.13. The largest absolute Gasteiger partial charge is 0.416 e. The Hall–Kier alpha value is -1.52. The molecule has 1 amide bonds. The van der Waals surface area contributed by atoms with Gasteiger partial charge in [0.1, 0.15) is 0 Å². The van der Waals surface area contributed by atoms with Crippen molar-refractivity contribution < 1.29 is 18.0 Å². The zero-order chi connectivity index (χ0) is 12.8. The molecule has 1 aromatic carbocycles. The van der Waals surface area contributed by atoms with E-state index in [1.807, 2.05) is 0 Å². The van der Waals surface area contributed by atoms with E-state index in [9.17, 15) is 18.0 Å². The molecule has 0 radical (unpaired) electrons. The molecule has 2 nitrogen and oxygen atoms in total. The summed E-state index contributed by atoms with van der Waals surface area (Å²) in [6.45, 7) is 2.07. The number of nitrogens with zero attached hydrogens (tertiary/aromatic N) is 1. The Morgan fingerprint density at radius 3 is 2.53 bits per heavy atom. The molecule has 0 saturated heterocycles. The van der Waals surface area contributed by atoms with E-state index in [4.69, 9.17) is 0 Å². The quantitative estimate of drug-likeness (QED) is 0.742. The predicted molar refractivity (Wildman–Crippen MR) is 56.6 cm³/mol. The van der Waals surface area contributed by atoms with Crippen LogP contribution in [-0.4, -0.2) is 17.9 Å². The number of carbonyl (C=O) groups is 1. The van der Waals surface area contributed by atoms with Crippen LogP contribution in [0.4, 0.5) is 13.2 Å². The molecule has 0 fully saturated rings. The van der Waals surface area contributed by atoms with Crippen molar-refractivity contribution >= 4 is 5.91 Å². The molecule has 0 atom stereocenters. The number of alkyl halides is 3. The van der Waals surface area contributed by atoms with Crippen molar-refractivity contribution in [1.82, 2.24) is 4.90 Å². The van der Waals surface area contributed by atoms with Crippen molar-refractivity contribution in [2.45, 2.75) is 26.1 Å². The van der Waals surface area contributed by atoms with Crippen molar-refractivity contribution in [3.05, 3.63) is 34.4 Å². The molecule has 1 aliphatic rings. The SMILES string of the molecule is CCc1cc2c(cc1C(F)(F)F)C(=O)N(C)C2. The van der Waals surface area contributed by atoms with Crippen LogP contribution in [0.1, 0.15) is 34.0 Å². The Labute approximate surface area is 97.0 Å². The van der Waals surface area contributed by atoms with E-state index in [2.05, 4.69) is 0 Å². The van der Waals surface area contributed by atoms with Crippen LogP contribution >= 0.6 is 0 Å². The summed E-state index contributed by atoms with van der Waals surface area (Å²) in [5, 5.41) is 0. The third-order valence-corrected chi connectivity index (χ3v) is 3.00. The summed E-state index contributed by atoms with van der Waals surface area (Å²) in [6.07, 6.45) is -4.10. The van der Waals surface area contributed by atoms with E-state index in [0.717, 1.165) is 6.07 Å². The van der Waals surface area contributed by atoms with Gasteiger partial charge in [0.05, 0.1) is 5.56 Å². The molecule has 17 heavy (non-hydrogen) atoms. The number of halogens is 3. The molecule has 0 N–H and O–H groups in total. The lowest BCUT2D eigenvalue weighted by molar-refractivity contribution is -0.138. The first-order valence-corrected chi connectivity index (χ1v) is 5.33. The number of rotatable bonds is 1. The van der Waals surface area contributed by atoms with E-state index in [1.54, 1.807) is 14.0 Å². The van der Waals surface area contributed by atoms with E-state index in [1.165, 1.54) is 11.0 Å². The normalized spacial score (nSPS) is 15.4. The summed E-state index contributed by atoms with van der Waals surface area (Å²) < 4.78 is 38.4. The number of hydrogen-bond acceptors (Lipinski definition) is 1. The molecule has 5 heteroatoms. The number of amides is 1. The molecule has 0 bridgehead atoms. The van der Waals surface area contributed by atoms with Gasteiger partial charge in [0.15, 0.2) is 0 Å². The van der Waals surface area contributed by atoms with E-state index >= 15 is 0 Å². The van der Waals surface area contributed by atoms with Crippen LogP contribution in [0.25, 0.3) is 0 Å². The number of fused-ring (bicyclic) bond motifs is 1. The highest BCUT2D eigenvalue weighted by atomic mass is 19.4. The van der Waals surface area contributed by atoms with Gasteiger partial charge in [-0.2, -0.15) is 13.2 Å². The number of benzene rings is 1. The lowest BCUT2D eigenvalue weighted by atomic mass is 9.98. The molecule has 0 aliphatic carbocycles. The predicted octanol–water partition coefficient (Wildman–Crippen LogP) is 2.85. The molecule has 1 heterocycles. The van der Waals surface area contributed by atoms with Crippen LogP contribution in [0.15, 0.2) is 12.1 Å². The zero-order valence-electron chi connectivity index (χ0n) is 9.56. The summed E-state index contributed by atoms with van der Waals surface area (Å²) in [5.41, 5.74) is 0.418. The number of carbonyl (C=O) groups excluding carboxylic acids is 1. The molecule has 0 unspecified atom stereocenters. The Balaban J connectivity index is 2.61. The molecular weight excluding hydrogens is 231 g/mol. The van der Waals surface area contributed by atoms with Gasteiger partial charge < -0.3 is 4.90 Å². The van der Waals surface area contributed by atoms with Gasteiger partial charge in [0.25, 0.3) is 5.91 Å². The van der Waals surface area contributed by atoms with Gasteiger partial charge >= 0.3 is 6.18 Å². The standard InChI is InChI=1S/C12H12F3NO/c1-3-7-4-8-6-16(2)11(17)9(8)5-10(7)12(13,14)15/h4-5H,3,6H2,1-2H3. The van der Waals surface area contributed by atoms with Crippen molar-refractivity contribution in [2.24, 2.45) is 0 Å². The molecule has 0 spiro atoms. The Kier molecular flexibility index (Phi) is 2.64. The molecule has 0 aromatic heterocycles. The van der Waals surface area contributed by atoms with Crippen LogP contribution in [0.5, 0.6) is 0 Å². The number of aryl methyl sites for hydroxylation is 1. The van der Waals surface area contributed by atoms with Gasteiger partial charge in [-0.15, -0.1) is 0 Å². The second kappa shape index (κ2) is 3.75. The minimum Gasteiger partial charge on any atom is -0.337 e. The first kappa shape index (κ1) is 12.0. The lowest BCUT2D eigenvalue weighted by Crippen LogP contribution is -2.17. The van der Waals surface area contributed by atoms with Crippen LogP contribution < -0.4 is 0 Å². The molecular formula is C12H12F3NO. The maximum atomic E-state index is 12.8. The van der Waals surface area contributed by atoms with Gasteiger partial charge in [-0.25, -0.2) is 0 Å². The summed E-state index contributed by atoms with van der Waals surface area (Å²) >= 11 is 0. The van der Waals surface area contributed by atoms with Gasteiger partial charge in [0.2, 0.25) is 0 Å². The first-order chi connectivity index (χ1) is 7.84. The highest BCUT2D eigenvalue weighted by Gasteiger charge is 2.36. The van der Waals surface area contributed by atoms with Gasteiger partial charge in [-0.05, 0) is 23.6 Å². The zero-order valence-corrected chi connectivity index (χ0v) is 9.56. The third-order valence-electron chi connectivity index (χ3n) is 3.00. The molecule has 92 valence electrons. The number of hydrogen-bond donors (Lipinski definition) is 0.